The van der Waals surface area contributed by atoms with Crippen LogP contribution in [0.5, 0.6) is 0 Å². The molecule has 3 rings (SSSR count). The van der Waals surface area contributed by atoms with Crippen LogP contribution in [-0.4, -0.2) is 70.6 Å². The topological polar surface area (TPSA) is 170 Å². The van der Waals surface area contributed by atoms with Gasteiger partial charge in [-0.05, 0) is 6.92 Å². The lowest BCUT2D eigenvalue weighted by atomic mass is 9.96. The molecule has 0 radical (unpaired) electrons. The highest BCUT2D eigenvalue weighted by molar-refractivity contribution is 5.95. The van der Waals surface area contributed by atoms with Gasteiger partial charge in [0.25, 0.3) is 0 Å². The number of aliphatic hydroxyl groups excluding tert-OH is 2. The highest BCUT2D eigenvalue weighted by atomic mass is 16.6. The molecule has 11 nitrogen and oxygen atoms in total. The normalized spacial score (nSPS) is 28.0. The van der Waals surface area contributed by atoms with Crippen molar-refractivity contribution in [2.24, 2.45) is 0 Å². The predicted molar refractivity (Wildman–Crippen MR) is 85.1 cm³/mol. The Labute approximate surface area is 146 Å². The van der Waals surface area contributed by atoms with Crippen LogP contribution in [-0.2, 0) is 9.53 Å². The van der Waals surface area contributed by atoms with Crippen LogP contribution in [0.15, 0.2) is 12.5 Å². The Morgan fingerprint density at radius 1 is 1.50 bits per heavy atom. The summed E-state index contributed by atoms with van der Waals surface area (Å²) in [6.07, 6.45) is -1.06. The molecular weight excluding hydrogens is 348 g/mol. The summed E-state index contributed by atoms with van der Waals surface area (Å²) in [6, 6.07) is 0. The number of rotatable bonds is 3. The van der Waals surface area contributed by atoms with Gasteiger partial charge in [0.05, 0.1) is 17.6 Å². The van der Waals surface area contributed by atoms with Crippen molar-refractivity contribution in [1.82, 2.24) is 14.5 Å². The molecule has 0 saturated carbocycles. The largest absolute Gasteiger partial charge is 0.472 e. The molecule has 6 N–H and O–H groups in total. The lowest BCUT2D eigenvalue weighted by Crippen LogP contribution is -2.44. The molecule has 0 spiro atoms. The molecule has 0 aromatic carbocycles. The molecule has 2 aromatic rings. The third-order valence-electron chi connectivity index (χ3n) is 4.21. The molecule has 4 atom stereocenters. The number of anilines is 1. The summed E-state index contributed by atoms with van der Waals surface area (Å²) in [5.41, 5.74) is 0.418. The van der Waals surface area contributed by atoms with Crippen LogP contribution >= 0.6 is 0 Å². The first kappa shape index (κ1) is 18.1. The number of nitrogens with one attached hydrogen (secondary N) is 1. The number of aliphatic carboxylic acids is 1. The van der Waals surface area contributed by atoms with Crippen LogP contribution in [0.25, 0.3) is 11.0 Å². The van der Waals surface area contributed by atoms with E-state index in [1.165, 1.54) is 17.7 Å². The fourth-order valence-electron chi connectivity index (χ4n) is 2.95. The molecule has 4 unspecified atom stereocenters. The average Bonchev–Trinajstić information content (AvgIpc) is 3.08. The highest BCUT2D eigenvalue weighted by Gasteiger charge is 2.53. The molecular formula is C15H16N4O7. The van der Waals surface area contributed by atoms with Crippen molar-refractivity contribution in [1.29, 1.82) is 0 Å². The van der Waals surface area contributed by atoms with Gasteiger partial charge in [0.2, 0.25) is 0 Å². The minimum atomic E-state index is -1.78. The Bertz CT molecular complexity index is 914. The molecule has 2 aromatic heterocycles. The summed E-state index contributed by atoms with van der Waals surface area (Å²) >= 11 is 0. The van der Waals surface area contributed by atoms with Gasteiger partial charge in [0.15, 0.2) is 12.0 Å². The molecule has 0 amide bonds. The monoisotopic (exact) mass is 364 g/mol. The van der Waals surface area contributed by atoms with Crippen molar-refractivity contribution in [2.45, 2.75) is 31.0 Å². The van der Waals surface area contributed by atoms with Crippen molar-refractivity contribution in [3.8, 4) is 11.8 Å². The van der Waals surface area contributed by atoms with Crippen LogP contribution in [0.4, 0.5) is 5.82 Å². The fourth-order valence-corrected chi connectivity index (χ4v) is 2.95. The number of carbonyl (C=O) groups is 1. The van der Waals surface area contributed by atoms with Gasteiger partial charge in [-0.25, -0.2) is 14.8 Å². The van der Waals surface area contributed by atoms with Gasteiger partial charge in [-0.3, -0.25) is 10.7 Å². The van der Waals surface area contributed by atoms with Gasteiger partial charge in [0.1, 0.15) is 29.8 Å². The van der Waals surface area contributed by atoms with Crippen molar-refractivity contribution >= 4 is 22.8 Å². The second kappa shape index (κ2) is 6.52. The van der Waals surface area contributed by atoms with E-state index in [1.54, 1.807) is 0 Å². The van der Waals surface area contributed by atoms with Gasteiger partial charge < -0.3 is 29.7 Å². The summed E-state index contributed by atoms with van der Waals surface area (Å²) < 4.78 is 6.89. The zero-order chi connectivity index (χ0) is 19.1. The lowest BCUT2D eigenvalue weighted by molar-refractivity contribution is -0.130. The zero-order valence-electron chi connectivity index (χ0n) is 13.5. The van der Waals surface area contributed by atoms with Crippen molar-refractivity contribution in [3.63, 3.8) is 0 Å². The van der Waals surface area contributed by atoms with E-state index in [4.69, 9.17) is 9.84 Å². The van der Waals surface area contributed by atoms with Gasteiger partial charge in [-0.1, -0.05) is 5.92 Å². The third-order valence-corrected chi connectivity index (χ3v) is 4.21. The first-order valence-electron chi connectivity index (χ1n) is 7.48. The number of hydrogen-bond acceptors (Lipinski definition) is 9. The van der Waals surface area contributed by atoms with Gasteiger partial charge >= 0.3 is 5.97 Å². The second-order valence-corrected chi connectivity index (χ2v) is 5.92. The summed E-state index contributed by atoms with van der Waals surface area (Å²) in [5, 5.41) is 48.4. The number of fused-ring (bicyclic) bond motifs is 1. The van der Waals surface area contributed by atoms with Crippen molar-refractivity contribution in [3.05, 3.63) is 18.1 Å². The van der Waals surface area contributed by atoms with Gasteiger partial charge in [-0.15, -0.1) is 0 Å². The van der Waals surface area contributed by atoms with Crippen LogP contribution in [0.1, 0.15) is 18.7 Å². The van der Waals surface area contributed by atoms with E-state index in [0.29, 0.717) is 0 Å². The Hall–Kier alpha value is -2.75. The fraction of sp³-hybridized carbons (Fsp3) is 0.400. The van der Waals surface area contributed by atoms with E-state index in [-0.39, 0.29) is 22.4 Å². The van der Waals surface area contributed by atoms with Crippen molar-refractivity contribution in [2.75, 3.05) is 12.1 Å². The van der Waals surface area contributed by atoms with E-state index >= 15 is 0 Å². The molecule has 138 valence electrons. The molecule has 1 fully saturated rings. The maximum absolute atomic E-state index is 10.8. The first-order chi connectivity index (χ1) is 12.3. The maximum Gasteiger partial charge on any atom is 0.382 e. The lowest BCUT2D eigenvalue weighted by Gasteiger charge is -2.27. The average molecular weight is 364 g/mol. The SMILES string of the molecule is CC1(O)C(O)C(CO)OC1n1cc(C#CC(=O)O)c2c(NO)ncnc21. The predicted octanol–water partition coefficient (Wildman–Crippen LogP) is -1.33. The van der Waals surface area contributed by atoms with Gasteiger partial charge in [-0.2, -0.15) is 0 Å². The Balaban J connectivity index is 2.22. The quantitative estimate of drug-likeness (QED) is 0.283. The van der Waals surface area contributed by atoms with Gasteiger partial charge in [0, 0.05) is 12.1 Å². The number of hydrogen-bond donors (Lipinski definition) is 6. The number of nitrogens with zero attached hydrogens (tertiary/aromatic N) is 3. The maximum atomic E-state index is 10.8. The summed E-state index contributed by atoms with van der Waals surface area (Å²) in [7, 11) is 0. The molecule has 0 aliphatic carbocycles. The first-order valence-corrected chi connectivity index (χ1v) is 7.48. The number of aromatic nitrogens is 3. The summed E-state index contributed by atoms with van der Waals surface area (Å²) in [6.45, 7) is 0.815. The Morgan fingerprint density at radius 2 is 2.23 bits per heavy atom. The summed E-state index contributed by atoms with van der Waals surface area (Å²) in [4.78, 5) is 18.7. The molecule has 1 aliphatic rings. The molecule has 11 heteroatoms. The van der Waals surface area contributed by atoms with E-state index < -0.39 is 36.6 Å². The van der Waals surface area contributed by atoms with Crippen LogP contribution in [0.3, 0.4) is 0 Å². The minimum Gasteiger partial charge on any atom is -0.472 e. The van der Waals surface area contributed by atoms with E-state index in [0.717, 1.165) is 6.33 Å². The van der Waals surface area contributed by atoms with E-state index in [9.17, 15) is 25.3 Å². The summed E-state index contributed by atoms with van der Waals surface area (Å²) in [5.74, 6) is 2.99. The van der Waals surface area contributed by atoms with E-state index in [2.05, 4.69) is 15.9 Å². The number of carboxylic acid groups (broad SMARTS) is 1. The minimum absolute atomic E-state index is 0.0275. The standard InChI is InChI=1S/C15H16N4O7/c1-15(24)11(23)8(5-20)26-14(15)19-4-7(2-3-9(21)22)10-12(18-25)16-6-17-13(10)19/h4,6,8,11,14,20,23-25H,5H2,1H3,(H,21,22)(H,16,17,18). The highest BCUT2D eigenvalue weighted by Crippen LogP contribution is 2.40. The Kier molecular flexibility index (Phi) is 4.53. The van der Waals surface area contributed by atoms with Crippen LogP contribution < -0.4 is 5.48 Å². The number of aliphatic hydroxyl groups is 3. The third kappa shape index (κ3) is 2.75. The Morgan fingerprint density at radius 3 is 2.81 bits per heavy atom. The number of ether oxygens (including phenoxy) is 1. The molecule has 1 aliphatic heterocycles. The number of carboxylic acids is 1. The molecule has 3 heterocycles. The van der Waals surface area contributed by atoms with Crippen LogP contribution in [0.2, 0.25) is 0 Å². The second-order valence-electron chi connectivity index (χ2n) is 5.92. The molecule has 0 bridgehead atoms. The van der Waals surface area contributed by atoms with Crippen molar-refractivity contribution < 1.29 is 35.2 Å². The molecule has 26 heavy (non-hydrogen) atoms. The van der Waals surface area contributed by atoms with Crippen LogP contribution in [0, 0.1) is 11.8 Å². The molecule has 1 saturated heterocycles. The smallest absolute Gasteiger partial charge is 0.382 e. The zero-order valence-corrected chi connectivity index (χ0v) is 13.5. The van der Waals surface area contributed by atoms with E-state index in [1.807, 2.05) is 11.4 Å².